The first-order valence-electron chi connectivity index (χ1n) is 22.6. The lowest BCUT2D eigenvalue weighted by atomic mass is 9.80. The molecule has 0 unspecified atom stereocenters. The Morgan fingerprint density at radius 1 is 0.519 bits per heavy atom. The van der Waals surface area contributed by atoms with Crippen LogP contribution in [0.3, 0.4) is 0 Å². The first-order valence-corrected chi connectivity index (χ1v) is 22.6. The van der Waals surface area contributed by atoms with E-state index in [4.69, 9.17) is 32.5 Å². The van der Waals surface area contributed by atoms with Crippen LogP contribution in [0, 0.1) is 10.1 Å². The lowest BCUT2D eigenvalue weighted by Gasteiger charge is -2.39. The molecule has 3 aliphatic rings. The van der Waals surface area contributed by atoms with Gasteiger partial charge in [-0.15, -0.1) is 0 Å². The van der Waals surface area contributed by atoms with E-state index in [0.29, 0.717) is 12.1 Å². The Labute approximate surface area is 426 Å². The van der Waals surface area contributed by atoms with E-state index < -0.39 is 204 Å². The zero-order valence-corrected chi connectivity index (χ0v) is 38.6. The Balaban J connectivity index is 1.14. The van der Waals surface area contributed by atoms with Gasteiger partial charge in [0.25, 0.3) is 5.69 Å². The highest BCUT2D eigenvalue weighted by atomic mass is 16.7. The lowest BCUT2D eigenvalue weighted by molar-refractivity contribution is -0.384. The smallest absolute Gasteiger partial charge is 0.269 e. The van der Waals surface area contributed by atoms with Crippen molar-refractivity contribution >= 4 is 27.6 Å². The van der Waals surface area contributed by atoms with Gasteiger partial charge in [-0.05, 0) is 29.8 Å². The van der Waals surface area contributed by atoms with E-state index in [1.807, 2.05) is 0 Å². The molecule has 2 fully saturated rings. The number of aromatic hydroxyl groups is 8. The quantitative estimate of drug-likeness (QED) is 0.0652. The van der Waals surface area contributed by atoms with Gasteiger partial charge in [0.1, 0.15) is 71.1 Å². The highest BCUT2D eigenvalue weighted by Crippen LogP contribution is 2.57. The van der Waals surface area contributed by atoms with Crippen LogP contribution in [0.4, 0.5) is 5.69 Å². The molecule has 0 aliphatic carbocycles. The molecule has 0 bridgehead atoms. The van der Waals surface area contributed by atoms with Gasteiger partial charge >= 0.3 is 0 Å². The molecule has 77 heavy (non-hydrogen) atoms. The Kier molecular flexibility index (Phi) is 12.9. The van der Waals surface area contributed by atoms with Crippen molar-refractivity contribution in [3.63, 3.8) is 0 Å². The number of nitrogens with zero attached hydrogens (tertiary/aromatic N) is 1. The van der Waals surface area contributed by atoms with Crippen molar-refractivity contribution in [1.29, 1.82) is 0 Å². The number of fused-ring (bicyclic) bond motifs is 4. The number of phenols is 6. The summed E-state index contributed by atoms with van der Waals surface area (Å²) < 4.78 is 40.0. The Bertz CT molecular complexity index is 3460. The molecule has 0 radical (unpaired) electrons. The maximum atomic E-state index is 13.9. The van der Waals surface area contributed by atoms with Crippen molar-refractivity contribution in [2.24, 2.45) is 0 Å². The summed E-state index contributed by atoms with van der Waals surface area (Å²) in [5, 5.41) is 182. The van der Waals surface area contributed by atoms with Gasteiger partial charge in [-0.1, -0.05) is 12.1 Å². The minimum absolute atomic E-state index is 0.123. The third kappa shape index (κ3) is 8.36. The number of hydrogen-bond acceptors (Lipinski definition) is 27. The first kappa shape index (κ1) is 51.8. The monoisotopic (exact) mass is 1080 g/mol. The van der Waals surface area contributed by atoms with Crippen molar-refractivity contribution in [1.82, 2.24) is 0 Å². The second-order valence-electron chi connectivity index (χ2n) is 18.0. The van der Waals surface area contributed by atoms with Crippen LogP contribution in [0.15, 0.2) is 79.1 Å². The number of rotatable bonds is 10. The molecule has 7 aromatic rings. The van der Waals surface area contributed by atoms with Crippen LogP contribution < -0.4 is 25.1 Å². The highest BCUT2D eigenvalue weighted by molar-refractivity contribution is 5.95. The zero-order chi connectivity index (χ0) is 55.4. The van der Waals surface area contributed by atoms with Crippen LogP contribution in [0.2, 0.25) is 0 Å². The van der Waals surface area contributed by atoms with Gasteiger partial charge in [0, 0.05) is 52.4 Å². The predicted molar refractivity (Wildman–Crippen MR) is 252 cm³/mol. The molecule has 10 rings (SSSR count). The molecule has 5 heterocycles. The number of aliphatic hydroxyl groups is 8. The Morgan fingerprint density at radius 3 is 1.30 bits per heavy atom. The minimum atomic E-state index is -2.07. The summed E-state index contributed by atoms with van der Waals surface area (Å²) in [4.78, 5) is 39.0. The van der Waals surface area contributed by atoms with Gasteiger partial charge in [0.15, 0.2) is 57.2 Å². The van der Waals surface area contributed by atoms with E-state index in [-0.39, 0.29) is 27.8 Å². The molecular weight excluding hydrogens is 1030 g/mol. The molecule has 404 valence electrons. The van der Waals surface area contributed by atoms with E-state index in [1.54, 1.807) is 0 Å². The standard InChI is InChI=1S/C49H41NO27/c51-11-25-30(59)34(63)38(67)48(71-25)76-44-23(57)9-19(53)28-32(61)36(65)40(73-46(28)44)14-5-17-27(13-1-3-16(4-2-13)50(69)70)18-6-15(8-22(56)43(18)75-42(17)21(55)7-14)41-37(66)33(62)29-20(54)10-24(58)45(47(29)74-41)77-49-39(68)35(64)31(60)26(12-52)72-49/h1-10,25-27,30-31,34-35,38-39,48-49,51-60,63-68H,11-12H2/t25-,26-,30-,31-,34+,35+,38-,39-,48+,49+/m1/s1. The van der Waals surface area contributed by atoms with Crippen LogP contribution >= 0.6 is 0 Å². The van der Waals surface area contributed by atoms with Crippen molar-refractivity contribution in [2.45, 2.75) is 67.3 Å². The molecule has 0 spiro atoms. The van der Waals surface area contributed by atoms with Crippen LogP contribution in [0.25, 0.3) is 44.6 Å². The van der Waals surface area contributed by atoms with Gasteiger partial charge in [0.05, 0.1) is 18.1 Å². The van der Waals surface area contributed by atoms with Crippen molar-refractivity contribution in [2.75, 3.05) is 13.2 Å². The number of nitro benzene ring substituents is 1. The number of non-ortho nitro benzene ring substituents is 1. The third-order valence-electron chi connectivity index (χ3n) is 13.3. The molecule has 3 aliphatic heterocycles. The average Bonchev–Trinajstić information content (AvgIpc) is 3.40. The molecule has 2 aromatic heterocycles. The summed E-state index contributed by atoms with van der Waals surface area (Å²) in [7, 11) is 0. The van der Waals surface area contributed by atoms with Gasteiger partial charge in [0.2, 0.25) is 46.4 Å². The molecule has 5 aromatic carbocycles. The minimum Gasteiger partial charge on any atom is -0.507 e. The van der Waals surface area contributed by atoms with Crippen molar-refractivity contribution in [3.05, 3.63) is 108 Å². The molecule has 0 amide bonds. The van der Waals surface area contributed by atoms with E-state index in [0.717, 1.165) is 24.3 Å². The summed E-state index contributed by atoms with van der Waals surface area (Å²) in [6.45, 7) is -1.80. The number of ether oxygens (including phenoxy) is 5. The van der Waals surface area contributed by atoms with Crippen molar-refractivity contribution in [3.8, 4) is 91.6 Å². The highest BCUT2D eigenvalue weighted by Gasteiger charge is 2.47. The predicted octanol–water partition coefficient (Wildman–Crippen LogP) is 0.430. The molecule has 16 N–H and O–H groups in total. The number of nitro groups is 1. The van der Waals surface area contributed by atoms with Gasteiger partial charge in [-0.2, -0.15) is 0 Å². The Hall–Kier alpha value is -8.68. The van der Waals surface area contributed by atoms with Gasteiger partial charge in [-0.25, -0.2) is 0 Å². The summed E-state index contributed by atoms with van der Waals surface area (Å²) in [5.74, 6) is -13.5. The number of benzene rings is 5. The molecule has 0 saturated carbocycles. The van der Waals surface area contributed by atoms with Crippen LogP contribution in [0.1, 0.15) is 22.6 Å². The Morgan fingerprint density at radius 2 is 0.922 bits per heavy atom. The molecular formula is C49H41NO27. The fourth-order valence-corrected chi connectivity index (χ4v) is 9.39. The average molecular weight is 1080 g/mol. The van der Waals surface area contributed by atoms with Crippen LogP contribution in [-0.4, -0.2) is 161 Å². The van der Waals surface area contributed by atoms with E-state index in [9.17, 15) is 101 Å². The molecule has 28 nitrogen and oxygen atoms in total. The fraction of sp³-hybridized carbons (Fsp3) is 0.265. The number of aliphatic hydroxyl groups excluding tert-OH is 8. The second-order valence-corrected chi connectivity index (χ2v) is 18.0. The largest absolute Gasteiger partial charge is 0.507 e. The molecule has 28 heteroatoms. The van der Waals surface area contributed by atoms with Gasteiger partial charge in [-0.3, -0.25) is 19.7 Å². The van der Waals surface area contributed by atoms with Crippen LogP contribution in [-0.2, 0) is 9.47 Å². The SMILES string of the molecule is O=c1c(O)c(-c2cc(O)c3c(c2)C(c2ccc([N+](=O)[O-])cc2)c2cc(-c4oc5c(O[C@@H]6O[C@H](CO)[C@@H](O)[C@H](O)[C@H]6O)c(O)cc(O)c5c(=O)c4O)cc(O)c2O3)oc2c(O[C@@H]3O[C@H](CO)[C@@H](O)[C@H](O)[C@H]3O)c(O)cc(O)c12. The second kappa shape index (κ2) is 19.2. The third-order valence-corrected chi connectivity index (χ3v) is 13.3. The summed E-state index contributed by atoms with van der Waals surface area (Å²) in [6.07, 6.45) is -18.9. The number of hydrogen-bond donors (Lipinski definition) is 16. The van der Waals surface area contributed by atoms with E-state index >= 15 is 0 Å². The number of phenolic OH excluding ortho intramolecular Hbond substituents is 6. The lowest BCUT2D eigenvalue weighted by Crippen LogP contribution is -2.60. The topological polar surface area (TPSA) is 473 Å². The fourth-order valence-electron chi connectivity index (χ4n) is 9.39. The normalized spacial score (nSPS) is 24.3. The van der Waals surface area contributed by atoms with E-state index in [2.05, 4.69) is 0 Å². The van der Waals surface area contributed by atoms with Crippen LogP contribution in [0.5, 0.6) is 69.0 Å². The summed E-state index contributed by atoms with van der Waals surface area (Å²) in [6, 6.07) is 10.1. The summed E-state index contributed by atoms with van der Waals surface area (Å²) >= 11 is 0. The van der Waals surface area contributed by atoms with Gasteiger partial charge < -0.3 is 114 Å². The maximum absolute atomic E-state index is 13.9. The summed E-state index contributed by atoms with van der Waals surface area (Å²) in [5.41, 5.74) is -5.74. The van der Waals surface area contributed by atoms with Crippen molar-refractivity contribution < 1.29 is 119 Å². The zero-order valence-electron chi connectivity index (χ0n) is 38.6. The molecule has 10 atom stereocenters. The molecule has 2 saturated heterocycles. The van der Waals surface area contributed by atoms with E-state index in [1.165, 1.54) is 24.3 Å². The first-order chi connectivity index (χ1) is 36.5. The maximum Gasteiger partial charge on any atom is 0.269 e.